The molecule has 1 aliphatic heterocycles. The molecule has 1 aromatic heterocycles. The topological polar surface area (TPSA) is 30.9 Å². The van der Waals surface area contributed by atoms with E-state index in [1.54, 1.807) is 0 Å². The lowest BCUT2D eigenvalue weighted by atomic mass is 10.1. The number of rotatable bonds is 0. The fraction of sp³-hybridized carbons (Fsp3) is 0.500. The Hall–Kier alpha value is -0.920. The molecule has 0 saturated carbocycles. The Labute approximate surface area is 60.6 Å². The Bertz CT molecular complexity index is 214. The fourth-order valence-electron chi connectivity index (χ4n) is 1.59. The number of hydrogen-bond donors (Lipinski definition) is 1. The minimum atomic E-state index is 0.914. The second kappa shape index (κ2) is 2.04. The highest BCUT2D eigenvalue weighted by Gasteiger charge is 2.07. The van der Waals surface area contributed by atoms with Gasteiger partial charge in [-0.2, -0.15) is 0 Å². The molecule has 0 unspecified atom stereocenters. The summed E-state index contributed by atoms with van der Waals surface area (Å²) in [4.78, 5) is 0. The lowest BCUT2D eigenvalue weighted by Gasteiger charge is -2.13. The van der Waals surface area contributed by atoms with Crippen molar-refractivity contribution in [3.63, 3.8) is 0 Å². The number of nitrogens with zero attached hydrogens (tertiary/aromatic N) is 1. The molecule has 1 aromatic rings. The highest BCUT2D eigenvalue weighted by atomic mass is 15.0. The quantitative estimate of drug-likeness (QED) is 0.574. The monoisotopic (exact) mass is 136 g/mol. The van der Waals surface area contributed by atoms with Gasteiger partial charge in [0, 0.05) is 24.1 Å². The Morgan fingerprint density at radius 1 is 1.40 bits per heavy atom. The van der Waals surface area contributed by atoms with E-state index in [9.17, 15) is 0 Å². The van der Waals surface area contributed by atoms with E-state index in [4.69, 9.17) is 5.73 Å². The van der Waals surface area contributed by atoms with Crippen molar-refractivity contribution in [1.82, 2.24) is 4.57 Å². The molecule has 0 fully saturated rings. The highest BCUT2D eigenvalue weighted by Crippen LogP contribution is 2.18. The minimum Gasteiger partial charge on any atom is -0.397 e. The standard InChI is InChI=1S/C8H12N2/c9-7-5-8-3-1-2-4-10(8)6-7/h5-6H,1-4,9H2. The van der Waals surface area contributed by atoms with Crippen LogP contribution in [0.4, 0.5) is 5.69 Å². The van der Waals surface area contributed by atoms with Crippen molar-refractivity contribution < 1.29 is 0 Å². The summed E-state index contributed by atoms with van der Waals surface area (Å²) in [6.45, 7) is 1.16. The van der Waals surface area contributed by atoms with Crippen molar-refractivity contribution in [1.29, 1.82) is 0 Å². The number of fused-ring (bicyclic) bond motifs is 1. The van der Waals surface area contributed by atoms with Crippen molar-refractivity contribution in [3.05, 3.63) is 18.0 Å². The zero-order chi connectivity index (χ0) is 6.97. The third-order valence-corrected chi connectivity index (χ3v) is 2.09. The number of anilines is 1. The number of nitrogens with two attached hydrogens (primary N) is 1. The lowest BCUT2D eigenvalue weighted by molar-refractivity contribution is 0.533. The summed E-state index contributed by atoms with van der Waals surface area (Å²) >= 11 is 0. The maximum absolute atomic E-state index is 5.64. The number of aryl methyl sites for hydroxylation is 2. The maximum Gasteiger partial charge on any atom is 0.0496 e. The molecule has 2 nitrogen and oxygen atoms in total. The van der Waals surface area contributed by atoms with E-state index in [1.165, 1.54) is 25.0 Å². The summed E-state index contributed by atoms with van der Waals surface area (Å²) in [6.07, 6.45) is 5.87. The smallest absolute Gasteiger partial charge is 0.0496 e. The molecule has 0 saturated heterocycles. The highest BCUT2D eigenvalue weighted by molar-refractivity contribution is 5.39. The van der Waals surface area contributed by atoms with Crippen LogP contribution in [0.5, 0.6) is 0 Å². The maximum atomic E-state index is 5.64. The fourth-order valence-corrected chi connectivity index (χ4v) is 1.59. The van der Waals surface area contributed by atoms with Gasteiger partial charge in [0.15, 0.2) is 0 Å². The molecule has 54 valence electrons. The van der Waals surface area contributed by atoms with Gasteiger partial charge in [-0.1, -0.05) is 0 Å². The van der Waals surface area contributed by atoms with Crippen LogP contribution in [0.3, 0.4) is 0 Å². The van der Waals surface area contributed by atoms with Gasteiger partial charge in [-0.05, 0) is 25.3 Å². The molecule has 0 bridgehead atoms. The summed E-state index contributed by atoms with van der Waals surface area (Å²) in [5.41, 5.74) is 7.96. The molecule has 0 radical (unpaired) electrons. The van der Waals surface area contributed by atoms with Crippen LogP contribution in [0.25, 0.3) is 0 Å². The summed E-state index contributed by atoms with van der Waals surface area (Å²) in [6, 6.07) is 2.08. The van der Waals surface area contributed by atoms with Crippen LogP contribution in [0.1, 0.15) is 18.5 Å². The van der Waals surface area contributed by atoms with Crippen LogP contribution in [-0.2, 0) is 13.0 Å². The SMILES string of the molecule is Nc1cc2n(c1)CCCC2. The number of nitrogen functional groups attached to an aromatic ring is 1. The average Bonchev–Trinajstić information content (AvgIpc) is 2.27. The summed E-state index contributed by atoms with van der Waals surface area (Å²) < 4.78 is 2.26. The van der Waals surface area contributed by atoms with Crippen LogP contribution in [-0.4, -0.2) is 4.57 Å². The Kier molecular flexibility index (Phi) is 1.19. The molecule has 0 atom stereocenters. The van der Waals surface area contributed by atoms with E-state index in [2.05, 4.69) is 10.6 Å². The number of aromatic nitrogens is 1. The van der Waals surface area contributed by atoms with E-state index in [-0.39, 0.29) is 0 Å². The van der Waals surface area contributed by atoms with Crippen molar-refractivity contribution in [2.24, 2.45) is 0 Å². The van der Waals surface area contributed by atoms with Gasteiger partial charge in [0.2, 0.25) is 0 Å². The molecule has 0 spiro atoms. The van der Waals surface area contributed by atoms with Gasteiger partial charge in [-0.3, -0.25) is 0 Å². The molecule has 0 amide bonds. The largest absolute Gasteiger partial charge is 0.397 e. The van der Waals surface area contributed by atoms with Gasteiger partial charge < -0.3 is 10.3 Å². The van der Waals surface area contributed by atoms with Crippen LogP contribution >= 0.6 is 0 Å². The van der Waals surface area contributed by atoms with E-state index in [0.717, 1.165) is 12.2 Å². The van der Waals surface area contributed by atoms with E-state index in [0.29, 0.717) is 0 Å². The molecular formula is C8H12N2. The molecule has 0 aliphatic carbocycles. The van der Waals surface area contributed by atoms with Gasteiger partial charge >= 0.3 is 0 Å². The Morgan fingerprint density at radius 3 is 3.10 bits per heavy atom. The van der Waals surface area contributed by atoms with Gasteiger partial charge in [0.1, 0.15) is 0 Å². The van der Waals surface area contributed by atoms with Gasteiger partial charge in [0.25, 0.3) is 0 Å². The third kappa shape index (κ3) is 0.801. The van der Waals surface area contributed by atoms with Crippen LogP contribution in [0, 0.1) is 0 Å². The first-order valence-electron chi connectivity index (χ1n) is 3.81. The van der Waals surface area contributed by atoms with Crippen molar-refractivity contribution >= 4 is 5.69 Å². The van der Waals surface area contributed by atoms with Crippen LogP contribution in [0.2, 0.25) is 0 Å². The summed E-state index contributed by atoms with van der Waals surface area (Å²) in [7, 11) is 0. The zero-order valence-electron chi connectivity index (χ0n) is 6.01. The van der Waals surface area contributed by atoms with E-state index < -0.39 is 0 Å². The van der Waals surface area contributed by atoms with Gasteiger partial charge in [0.05, 0.1) is 0 Å². The first-order valence-corrected chi connectivity index (χ1v) is 3.81. The minimum absolute atomic E-state index is 0.914. The van der Waals surface area contributed by atoms with Crippen molar-refractivity contribution in [2.75, 3.05) is 5.73 Å². The molecule has 1 aliphatic rings. The molecule has 2 heterocycles. The molecule has 2 rings (SSSR count). The molecule has 0 aromatic carbocycles. The zero-order valence-corrected chi connectivity index (χ0v) is 6.01. The molecular weight excluding hydrogens is 124 g/mol. The van der Waals surface area contributed by atoms with Crippen molar-refractivity contribution in [2.45, 2.75) is 25.8 Å². The first kappa shape index (κ1) is 5.83. The van der Waals surface area contributed by atoms with Crippen LogP contribution in [0.15, 0.2) is 12.3 Å². The second-order valence-electron chi connectivity index (χ2n) is 2.92. The number of hydrogen-bond acceptors (Lipinski definition) is 1. The lowest BCUT2D eigenvalue weighted by Crippen LogP contribution is -2.07. The Balaban J connectivity index is 2.41. The van der Waals surface area contributed by atoms with Gasteiger partial charge in [-0.15, -0.1) is 0 Å². The normalized spacial score (nSPS) is 16.8. The third-order valence-electron chi connectivity index (χ3n) is 2.09. The first-order chi connectivity index (χ1) is 4.86. The summed E-state index contributed by atoms with van der Waals surface area (Å²) in [5, 5.41) is 0. The van der Waals surface area contributed by atoms with Crippen molar-refractivity contribution in [3.8, 4) is 0 Å². The van der Waals surface area contributed by atoms with Crippen LogP contribution < -0.4 is 5.73 Å². The average molecular weight is 136 g/mol. The van der Waals surface area contributed by atoms with Gasteiger partial charge in [-0.25, -0.2) is 0 Å². The second-order valence-corrected chi connectivity index (χ2v) is 2.92. The molecule has 10 heavy (non-hydrogen) atoms. The molecule has 2 N–H and O–H groups in total. The van der Waals surface area contributed by atoms with E-state index in [1.807, 2.05) is 6.20 Å². The summed E-state index contributed by atoms with van der Waals surface area (Å²) in [5.74, 6) is 0. The predicted octanol–water partition coefficient (Wildman–Crippen LogP) is 1.41. The van der Waals surface area contributed by atoms with E-state index >= 15 is 0 Å². The molecule has 2 heteroatoms. The Morgan fingerprint density at radius 2 is 2.30 bits per heavy atom. The predicted molar refractivity (Wildman–Crippen MR) is 41.8 cm³/mol.